The molecule has 0 unspecified atom stereocenters. The van der Waals surface area contributed by atoms with Crippen LogP contribution in [0.15, 0.2) is 91.0 Å². The number of hydrogen-bond donors (Lipinski definition) is 1. The zero-order chi connectivity index (χ0) is 20.1. The maximum atomic E-state index is 12.1. The number of amides is 1. The molecule has 1 amide bonds. The fourth-order valence-corrected chi connectivity index (χ4v) is 3.53. The van der Waals surface area contributed by atoms with Crippen molar-refractivity contribution < 1.29 is 9.21 Å². The molecule has 4 rings (SSSR count). The van der Waals surface area contributed by atoms with Crippen molar-refractivity contribution in [2.75, 3.05) is 0 Å². The summed E-state index contributed by atoms with van der Waals surface area (Å²) in [5.41, 5.74) is 3.82. The molecule has 4 aromatic rings. The molecule has 0 aliphatic rings. The number of rotatable bonds is 6. The van der Waals surface area contributed by atoms with E-state index < -0.39 is 0 Å². The van der Waals surface area contributed by atoms with E-state index in [9.17, 15) is 4.79 Å². The molecule has 144 valence electrons. The Morgan fingerprint density at radius 1 is 1.14 bits per heavy atom. The van der Waals surface area contributed by atoms with E-state index in [1.165, 1.54) is 18.0 Å². The number of hydrogen-bond acceptors (Lipinski definition) is 7. The van der Waals surface area contributed by atoms with Crippen molar-refractivity contribution in [3.63, 3.8) is 0 Å². The summed E-state index contributed by atoms with van der Waals surface area (Å²) in [6.45, 7) is 0. The molecule has 0 aliphatic carbocycles. The minimum Gasteiger partial charge on any atom is -0.448 e. The van der Waals surface area contributed by atoms with Crippen molar-refractivity contribution in [3.8, 4) is 5.69 Å². The molecule has 2 aromatic carbocycles. The molecule has 0 spiro atoms. The first-order valence-electron chi connectivity index (χ1n) is 8.39. The first-order chi connectivity index (χ1) is 14.2. The van der Waals surface area contributed by atoms with Gasteiger partial charge in [-0.05, 0) is 64.7 Å². The van der Waals surface area contributed by atoms with Gasteiger partial charge in [-0.1, -0.05) is 40.2 Å². The zero-order valence-electron chi connectivity index (χ0n) is 14.8. The number of tetrazole rings is 1. The lowest BCUT2D eigenvalue weighted by molar-refractivity contribution is 0.0955. The average Bonchev–Trinajstić information content (AvgIpc) is 3.38. The van der Waals surface area contributed by atoms with E-state index in [2.05, 4.69) is 42.0 Å². The number of para-hydroxylation sites is 1. The van der Waals surface area contributed by atoms with Crippen molar-refractivity contribution in [3.05, 3.63) is 82.5 Å². The second kappa shape index (κ2) is 8.84. The lowest BCUT2D eigenvalue weighted by Crippen LogP contribution is -2.17. The van der Waals surface area contributed by atoms with Gasteiger partial charge >= 0.3 is 0 Å². The van der Waals surface area contributed by atoms with Gasteiger partial charge in [0.25, 0.3) is 5.91 Å². The Morgan fingerprint density at radius 2 is 2.00 bits per heavy atom. The molecule has 29 heavy (non-hydrogen) atoms. The van der Waals surface area contributed by atoms with Crippen LogP contribution in [0.3, 0.4) is 0 Å². The van der Waals surface area contributed by atoms with Gasteiger partial charge in [0.1, 0.15) is 5.76 Å². The Balaban J connectivity index is 1.40. The topological polar surface area (TPSA) is 98.2 Å². The third-order valence-corrected chi connectivity index (χ3v) is 5.03. The Kier molecular flexibility index (Phi) is 5.82. The highest BCUT2D eigenvalue weighted by atomic mass is 79.9. The summed E-state index contributed by atoms with van der Waals surface area (Å²) < 4.78 is 8.14. The van der Waals surface area contributed by atoms with E-state index >= 15 is 0 Å². The zero-order valence-corrected chi connectivity index (χ0v) is 17.2. The molecular formula is C19H13BrN6O2S. The quantitative estimate of drug-likeness (QED) is 0.340. The number of carbonyl (C=O) groups is 1. The monoisotopic (exact) mass is 468 g/mol. The van der Waals surface area contributed by atoms with Gasteiger partial charge in [-0.3, -0.25) is 4.79 Å². The molecule has 2 aromatic heterocycles. The smallest absolute Gasteiger partial charge is 0.271 e. The Hall–Kier alpha value is -3.24. The molecule has 1 N–H and O–H groups in total. The first-order valence-corrected chi connectivity index (χ1v) is 10.0. The summed E-state index contributed by atoms with van der Waals surface area (Å²) >= 11 is 4.61. The molecule has 2 heterocycles. The number of aromatic nitrogens is 4. The Labute approximate surface area is 178 Å². The Morgan fingerprint density at radius 3 is 2.83 bits per heavy atom. The fraction of sp³-hybridized carbons (Fsp3) is 0. The number of nitrogens with one attached hydrogen (secondary N) is 1. The van der Waals surface area contributed by atoms with Crippen LogP contribution in [0, 0.1) is 0 Å². The summed E-state index contributed by atoms with van der Waals surface area (Å²) in [4.78, 5) is 12.1. The molecule has 8 nitrogen and oxygen atoms in total. The third kappa shape index (κ3) is 4.79. The van der Waals surface area contributed by atoms with Crippen LogP contribution in [0.1, 0.15) is 16.1 Å². The highest BCUT2D eigenvalue weighted by molar-refractivity contribution is 9.10. The molecule has 0 fully saturated rings. The van der Waals surface area contributed by atoms with E-state index in [1.54, 1.807) is 35.0 Å². The van der Waals surface area contributed by atoms with E-state index in [1.807, 2.05) is 36.4 Å². The minimum atomic E-state index is -0.314. The van der Waals surface area contributed by atoms with Crippen LogP contribution in [-0.2, 0) is 0 Å². The van der Waals surface area contributed by atoms with Crippen molar-refractivity contribution in [2.45, 2.75) is 10.2 Å². The second-order valence-corrected chi connectivity index (χ2v) is 7.56. The maximum Gasteiger partial charge on any atom is 0.271 e. The van der Waals surface area contributed by atoms with Crippen LogP contribution in [0.25, 0.3) is 5.69 Å². The van der Waals surface area contributed by atoms with E-state index in [0.717, 1.165) is 10.2 Å². The molecule has 0 bridgehead atoms. The van der Waals surface area contributed by atoms with Crippen LogP contribution >= 0.6 is 27.7 Å². The lowest BCUT2D eigenvalue weighted by atomic mass is 10.2. The minimum absolute atomic E-state index is 0.314. The van der Waals surface area contributed by atoms with Gasteiger partial charge in [-0.2, -0.15) is 9.78 Å². The number of carbonyl (C=O) groups excluding carboxylic acids is 1. The SMILES string of the molecule is O=C(N/N=C\c1ccc(Sc2nnnn2-c2ccccc2)o1)c1cccc(Br)c1. The second-order valence-electron chi connectivity index (χ2n) is 5.68. The van der Waals surface area contributed by atoms with Gasteiger partial charge < -0.3 is 4.42 Å². The van der Waals surface area contributed by atoms with Crippen LogP contribution in [0.5, 0.6) is 0 Å². The summed E-state index contributed by atoms with van der Waals surface area (Å²) in [7, 11) is 0. The van der Waals surface area contributed by atoms with Gasteiger partial charge in [-0.25, -0.2) is 5.43 Å². The van der Waals surface area contributed by atoms with Crippen LogP contribution in [-0.4, -0.2) is 32.3 Å². The number of hydrazone groups is 1. The van der Waals surface area contributed by atoms with Gasteiger partial charge in [0.05, 0.1) is 11.9 Å². The molecule has 0 radical (unpaired) electrons. The average molecular weight is 469 g/mol. The summed E-state index contributed by atoms with van der Waals surface area (Å²) in [6, 6.07) is 20.1. The van der Waals surface area contributed by atoms with Gasteiger partial charge in [-0.15, -0.1) is 5.10 Å². The highest BCUT2D eigenvalue weighted by Crippen LogP contribution is 2.28. The van der Waals surface area contributed by atoms with Gasteiger partial charge in [0.2, 0.25) is 5.16 Å². The largest absolute Gasteiger partial charge is 0.448 e. The first kappa shape index (κ1) is 19.1. The normalized spacial score (nSPS) is 11.1. The molecule has 0 atom stereocenters. The van der Waals surface area contributed by atoms with E-state index in [-0.39, 0.29) is 5.91 Å². The number of furan rings is 1. The van der Waals surface area contributed by atoms with Crippen molar-refractivity contribution in [1.29, 1.82) is 0 Å². The van der Waals surface area contributed by atoms with Crippen LogP contribution < -0.4 is 5.43 Å². The summed E-state index contributed by atoms with van der Waals surface area (Å²) in [6.07, 6.45) is 1.43. The number of benzene rings is 2. The molecular weight excluding hydrogens is 456 g/mol. The fourth-order valence-electron chi connectivity index (χ4n) is 2.37. The molecule has 0 aliphatic heterocycles. The van der Waals surface area contributed by atoms with Crippen molar-refractivity contribution >= 4 is 39.8 Å². The highest BCUT2D eigenvalue weighted by Gasteiger charge is 2.12. The van der Waals surface area contributed by atoms with Crippen molar-refractivity contribution in [2.24, 2.45) is 5.10 Å². The van der Waals surface area contributed by atoms with E-state index in [0.29, 0.717) is 21.6 Å². The summed E-state index contributed by atoms with van der Waals surface area (Å²) in [5, 5.41) is 16.9. The Bertz CT molecular complexity index is 1160. The molecule has 10 heteroatoms. The number of nitrogens with zero attached hydrogens (tertiary/aromatic N) is 5. The maximum absolute atomic E-state index is 12.1. The standard InChI is InChI=1S/C19H13BrN6O2S/c20-14-6-4-5-13(11-14)18(27)22-21-12-16-9-10-17(28-16)29-19-23-24-25-26(19)15-7-2-1-3-8-15/h1-12H,(H,22,27)/b21-12-. The summed E-state index contributed by atoms with van der Waals surface area (Å²) in [5.74, 6) is 0.173. The van der Waals surface area contributed by atoms with E-state index in [4.69, 9.17) is 4.42 Å². The van der Waals surface area contributed by atoms with Crippen molar-refractivity contribution in [1.82, 2.24) is 25.6 Å². The third-order valence-electron chi connectivity index (χ3n) is 3.68. The van der Waals surface area contributed by atoms with Gasteiger partial charge in [0, 0.05) is 10.0 Å². The number of halogens is 1. The van der Waals surface area contributed by atoms with Crippen LogP contribution in [0.4, 0.5) is 0 Å². The van der Waals surface area contributed by atoms with Crippen LogP contribution in [0.2, 0.25) is 0 Å². The lowest BCUT2D eigenvalue weighted by Gasteiger charge is -2.01. The predicted molar refractivity (Wildman–Crippen MR) is 111 cm³/mol. The predicted octanol–water partition coefficient (Wildman–Crippen LogP) is 3.93. The van der Waals surface area contributed by atoms with Gasteiger partial charge in [0.15, 0.2) is 5.09 Å². The molecule has 0 saturated heterocycles. The molecule has 0 saturated carbocycles.